The molecule has 15 heteroatoms. The van der Waals surface area contributed by atoms with Gasteiger partial charge >= 0.3 is 0 Å². The maximum absolute atomic E-state index is 14.1. The van der Waals surface area contributed by atoms with Crippen molar-refractivity contribution in [3.63, 3.8) is 0 Å². The van der Waals surface area contributed by atoms with Crippen molar-refractivity contribution in [2.45, 2.75) is 113 Å². The fourth-order valence-electron chi connectivity index (χ4n) is 12.8. The van der Waals surface area contributed by atoms with Crippen LogP contribution >= 0.6 is 0 Å². The maximum atomic E-state index is 14.1. The Hall–Kier alpha value is -6.49. The van der Waals surface area contributed by atoms with Crippen molar-refractivity contribution in [3.05, 3.63) is 158 Å². The van der Waals surface area contributed by atoms with Crippen LogP contribution in [0.25, 0.3) is 23.6 Å². The summed E-state index contributed by atoms with van der Waals surface area (Å²) in [6, 6.07) is 21.9. The summed E-state index contributed by atoms with van der Waals surface area (Å²) in [4.78, 5) is 16.2. The van der Waals surface area contributed by atoms with E-state index in [1.165, 1.54) is 29.5 Å². The molecule has 1 aromatic heterocycles. The quantitative estimate of drug-likeness (QED) is 0.0755. The van der Waals surface area contributed by atoms with Crippen LogP contribution in [-0.4, -0.2) is 89.3 Å². The summed E-state index contributed by atoms with van der Waals surface area (Å²) >= 11 is 0. The molecule has 376 valence electrons. The predicted octanol–water partition coefficient (Wildman–Crippen LogP) is 8.02. The van der Waals surface area contributed by atoms with Gasteiger partial charge in [-0.05, 0) is 119 Å². The number of benzene rings is 4. The van der Waals surface area contributed by atoms with Gasteiger partial charge < -0.3 is 19.5 Å². The molecule has 5 aromatic rings. The van der Waals surface area contributed by atoms with Crippen molar-refractivity contribution in [1.29, 1.82) is 0 Å². The van der Waals surface area contributed by atoms with Gasteiger partial charge in [0, 0.05) is 110 Å². The number of nitrogens with zero attached hydrogens (tertiary/aromatic N) is 4. The number of amides is 1. The highest BCUT2D eigenvalue weighted by Crippen LogP contribution is 2.54. The molecule has 6 aliphatic heterocycles. The van der Waals surface area contributed by atoms with Crippen LogP contribution in [0.5, 0.6) is 0 Å². The van der Waals surface area contributed by atoms with Gasteiger partial charge in [0.15, 0.2) is 18.0 Å². The zero-order valence-corrected chi connectivity index (χ0v) is 44.1. The van der Waals surface area contributed by atoms with Crippen LogP contribution in [-0.2, 0) is 54.3 Å². The normalized spacial score (nSPS) is 21.6. The van der Waals surface area contributed by atoms with Gasteiger partial charge in [0.2, 0.25) is 11.4 Å². The van der Waals surface area contributed by atoms with Gasteiger partial charge in [0.25, 0.3) is 26.1 Å². The van der Waals surface area contributed by atoms with E-state index in [2.05, 4.69) is 122 Å². The van der Waals surface area contributed by atoms with Gasteiger partial charge in [-0.3, -0.25) is 13.9 Å². The lowest BCUT2D eigenvalue weighted by Crippen LogP contribution is -2.47. The van der Waals surface area contributed by atoms with Crippen LogP contribution in [0.15, 0.2) is 130 Å². The Labute approximate surface area is 426 Å². The smallest absolute Gasteiger partial charge is 0.294 e. The Kier molecular flexibility index (Phi) is 11.2. The molecule has 4 aromatic carbocycles. The Bertz CT molecular complexity index is 3870. The van der Waals surface area contributed by atoms with Gasteiger partial charge in [0.05, 0.1) is 32.8 Å². The van der Waals surface area contributed by atoms with E-state index in [1.54, 1.807) is 12.1 Å². The topological polar surface area (TPSA) is 161 Å². The first kappa shape index (κ1) is 48.8. The Morgan fingerprint density at radius 3 is 2.27 bits per heavy atom. The zero-order valence-electron chi connectivity index (χ0n) is 42.4. The minimum absolute atomic E-state index is 0.0742. The van der Waals surface area contributed by atoms with Crippen LogP contribution < -0.4 is 20.8 Å². The number of aromatic nitrogens is 1. The molecule has 0 radical (unpaired) electrons. The molecule has 13 nitrogen and oxygen atoms in total. The number of rotatable bonds is 9. The number of ether oxygens (including phenoxy) is 1. The molecule has 0 bridgehead atoms. The molecule has 73 heavy (non-hydrogen) atoms. The maximum Gasteiger partial charge on any atom is 0.294 e. The summed E-state index contributed by atoms with van der Waals surface area (Å²) in [7, 11) is -6.65. The molecule has 3 N–H and O–H groups in total. The standard InChI is InChI=1S/C58H59N5O8S2/c1-10-61-45(34(2)39-30-37(72(65,66)67)18-22-46(39)61)14-12-11-13-15-52-56(3,4)42-28-35(16-20-47(42)60(52)9)33-59-55(64)36-17-21-48-43(29-36)57(5,6)53-40-32-41-51(71-50(40)24-26-62(48)53)25-27-63-49-23-19-38(73(68,69)70)31-44(49)58(7,8)54(41)63/h11-23,28-32,50-51H,2,10,24-27,33H2,1,3-9H3,(H-2,59,64,65,66,67,68,69,70)/p+2. The monoisotopic (exact) mass is 1020 g/mol. The second-order valence-corrected chi connectivity index (χ2v) is 24.5. The molecule has 0 spiro atoms. The van der Waals surface area contributed by atoms with E-state index in [9.17, 15) is 30.7 Å². The molecule has 1 amide bonds. The highest BCUT2D eigenvalue weighted by atomic mass is 32.2. The van der Waals surface area contributed by atoms with E-state index >= 15 is 0 Å². The van der Waals surface area contributed by atoms with E-state index in [-0.39, 0.29) is 33.3 Å². The summed E-state index contributed by atoms with van der Waals surface area (Å²) in [5.74, 6) is -0.146. The lowest BCUT2D eigenvalue weighted by molar-refractivity contribution is -0.445. The van der Waals surface area contributed by atoms with Crippen LogP contribution in [0.1, 0.15) is 93.9 Å². The molecule has 0 saturated heterocycles. The summed E-state index contributed by atoms with van der Waals surface area (Å²) in [5, 5.41) is 5.42. The van der Waals surface area contributed by atoms with E-state index < -0.39 is 31.1 Å². The molecule has 7 heterocycles. The number of nitrogens with one attached hydrogen (secondary N) is 1. The SMILES string of the molecule is C=c1\c(=C/C=C/C=C/C2=[N+](C)c3ccc(CNC(=O)c4ccc5c(c4)C(C)(C)C4=C6C=C7C8=[N+](CCC7OC6CCN45)c4ccc(S(=O)(=O)O)cc4C8(C)C)cc3C2(C)C)n(CC)c2ccc(S(=O)(=O)O)cc12. The largest absolute Gasteiger partial charge is 0.365 e. The molecule has 0 aliphatic carbocycles. The minimum Gasteiger partial charge on any atom is -0.365 e. The molecule has 0 saturated carbocycles. The zero-order chi connectivity index (χ0) is 51.9. The van der Waals surface area contributed by atoms with E-state index in [0.29, 0.717) is 29.3 Å². The number of carbonyl (C=O) groups excluding carboxylic acids is 1. The number of aryl methyl sites for hydroxylation is 1. The van der Waals surface area contributed by atoms with Crippen LogP contribution in [0.2, 0.25) is 0 Å². The third kappa shape index (κ3) is 7.60. The highest BCUT2D eigenvalue weighted by Gasteiger charge is 2.55. The second-order valence-electron chi connectivity index (χ2n) is 21.7. The van der Waals surface area contributed by atoms with E-state index in [1.807, 2.05) is 43.4 Å². The van der Waals surface area contributed by atoms with Crippen molar-refractivity contribution in [2.24, 2.45) is 0 Å². The summed E-state index contributed by atoms with van der Waals surface area (Å²) < 4.78 is 81.1. The molecule has 6 aliphatic rings. The summed E-state index contributed by atoms with van der Waals surface area (Å²) in [5.41, 5.74) is 13.0. The average molecular weight is 1020 g/mol. The van der Waals surface area contributed by atoms with Crippen molar-refractivity contribution >= 4 is 78.2 Å². The molecular weight excluding hydrogens is 959 g/mol. The number of hydrogen-bond acceptors (Lipinski definition) is 7. The second kappa shape index (κ2) is 16.8. The number of carbonyl (C=O) groups is 1. The van der Waals surface area contributed by atoms with E-state index in [4.69, 9.17) is 4.74 Å². The minimum atomic E-state index is -4.37. The Morgan fingerprint density at radius 1 is 0.822 bits per heavy atom. The first-order valence-electron chi connectivity index (χ1n) is 24.9. The fourth-order valence-corrected chi connectivity index (χ4v) is 13.8. The first-order chi connectivity index (χ1) is 34.4. The summed E-state index contributed by atoms with van der Waals surface area (Å²) in [6.07, 6.45) is 13.8. The fraction of sp³-hybridized carbons (Fsp3) is 0.328. The summed E-state index contributed by atoms with van der Waals surface area (Å²) in [6.45, 7) is 21.9. The van der Waals surface area contributed by atoms with Crippen molar-refractivity contribution in [1.82, 2.24) is 9.88 Å². The lowest BCUT2D eigenvalue weighted by Gasteiger charge is -2.42. The van der Waals surface area contributed by atoms with Gasteiger partial charge in [-0.2, -0.15) is 26.0 Å². The number of fused-ring (bicyclic) bond motifs is 10. The lowest BCUT2D eigenvalue weighted by atomic mass is 9.74. The highest BCUT2D eigenvalue weighted by molar-refractivity contribution is 7.86. The third-order valence-electron chi connectivity index (χ3n) is 16.4. The van der Waals surface area contributed by atoms with Gasteiger partial charge in [-0.15, -0.1) is 0 Å². The van der Waals surface area contributed by atoms with Crippen LogP contribution in [0.4, 0.5) is 17.1 Å². The van der Waals surface area contributed by atoms with Crippen LogP contribution in [0, 0.1) is 0 Å². The van der Waals surface area contributed by atoms with Crippen molar-refractivity contribution < 1.29 is 44.6 Å². The molecule has 11 rings (SSSR count). The van der Waals surface area contributed by atoms with Gasteiger partial charge in [-0.1, -0.05) is 44.7 Å². The van der Waals surface area contributed by atoms with Gasteiger partial charge in [-0.25, -0.2) is 0 Å². The Balaban J connectivity index is 0.806. The van der Waals surface area contributed by atoms with Gasteiger partial charge in [0.1, 0.15) is 7.05 Å². The predicted molar refractivity (Wildman–Crippen MR) is 285 cm³/mol. The van der Waals surface area contributed by atoms with Crippen molar-refractivity contribution in [2.75, 3.05) is 25.0 Å². The van der Waals surface area contributed by atoms with Crippen LogP contribution in [0.3, 0.4) is 0 Å². The van der Waals surface area contributed by atoms with Crippen molar-refractivity contribution in [3.8, 4) is 0 Å². The number of allylic oxidation sites excluding steroid dienone is 5. The number of anilines is 1. The molecule has 2 atom stereocenters. The molecule has 0 fully saturated rings. The number of hydrogen-bond donors (Lipinski definition) is 3. The molecule has 2 unspecified atom stereocenters. The average Bonchev–Trinajstić information content (AvgIpc) is 3.92. The third-order valence-corrected chi connectivity index (χ3v) is 18.1. The Morgan fingerprint density at radius 2 is 1.53 bits per heavy atom. The first-order valence-corrected chi connectivity index (χ1v) is 27.8. The molecular formula is C58H61N5O8S2+2. The van der Waals surface area contributed by atoms with E-state index in [0.717, 1.165) is 93.1 Å².